The summed E-state index contributed by atoms with van der Waals surface area (Å²) in [5, 5.41) is 0. The van der Waals surface area contributed by atoms with Crippen LogP contribution in [0.2, 0.25) is 0 Å². The topological polar surface area (TPSA) is 96.1 Å². The second-order valence-electron chi connectivity index (χ2n) is 4.47. The zero-order valence-corrected chi connectivity index (χ0v) is 10.7. The molecule has 1 aromatic carbocycles. The first-order valence-corrected chi connectivity index (χ1v) is 5.96. The van der Waals surface area contributed by atoms with Gasteiger partial charge in [-0.25, -0.2) is 9.78 Å². The van der Waals surface area contributed by atoms with Crippen LogP contribution in [0.1, 0.15) is 5.89 Å². The number of aromatic nitrogens is 3. The van der Waals surface area contributed by atoms with E-state index in [1.54, 1.807) is 25.2 Å². The number of nitrogens with zero attached hydrogens (tertiary/aromatic N) is 3. The summed E-state index contributed by atoms with van der Waals surface area (Å²) in [6.45, 7) is -0.0130. The molecule has 0 atom stereocenters. The van der Waals surface area contributed by atoms with Gasteiger partial charge in [-0.15, -0.1) is 0 Å². The molecule has 3 aromatic rings. The quantitative estimate of drug-likeness (QED) is 0.678. The van der Waals surface area contributed by atoms with Crippen LogP contribution < -0.4 is 17.0 Å². The maximum Gasteiger partial charge on any atom is 0.331 e. The Morgan fingerprint density at radius 1 is 1.30 bits per heavy atom. The smallest absolute Gasteiger partial charge is 0.331 e. The number of oxazole rings is 1. The number of benzene rings is 1. The first-order chi connectivity index (χ1) is 9.54. The van der Waals surface area contributed by atoms with E-state index in [-0.39, 0.29) is 12.4 Å². The first-order valence-electron chi connectivity index (χ1n) is 5.96. The molecule has 0 aliphatic heterocycles. The van der Waals surface area contributed by atoms with Crippen molar-refractivity contribution in [2.24, 2.45) is 7.05 Å². The predicted octanol–water partition coefficient (Wildman–Crippen LogP) is 0.319. The normalized spacial score (nSPS) is 11.1. The molecule has 0 saturated heterocycles. The molecule has 20 heavy (non-hydrogen) atoms. The van der Waals surface area contributed by atoms with Gasteiger partial charge in [-0.1, -0.05) is 0 Å². The Balaban J connectivity index is 2.08. The van der Waals surface area contributed by atoms with Crippen molar-refractivity contribution >= 4 is 16.8 Å². The van der Waals surface area contributed by atoms with Crippen LogP contribution >= 0.6 is 0 Å². The third-order valence-electron chi connectivity index (χ3n) is 2.99. The summed E-state index contributed by atoms with van der Waals surface area (Å²) in [5.41, 5.74) is 6.57. The maximum atomic E-state index is 11.9. The lowest BCUT2D eigenvalue weighted by atomic mass is 10.3. The molecule has 2 aromatic heterocycles. The second-order valence-corrected chi connectivity index (χ2v) is 4.47. The van der Waals surface area contributed by atoms with Crippen LogP contribution in [0.4, 0.5) is 5.69 Å². The molecule has 0 unspecified atom stereocenters. The number of fused-ring (bicyclic) bond motifs is 1. The van der Waals surface area contributed by atoms with E-state index in [4.69, 9.17) is 10.2 Å². The van der Waals surface area contributed by atoms with Crippen LogP contribution in [0.25, 0.3) is 11.1 Å². The molecular weight excluding hydrogens is 260 g/mol. The minimum Gasteiger partial charge on any atom is -0.439 e. The van der Waals surface area contributed by atoms with E-state index in [2.05, 4.69) is 4.98 Å². The fraction of sp³-hybridized carbons (Fsp3) is 0.154. The lowest BCUT2D eigenvalue weighted by Gasteiger charge is -2.03. The van der Waals surface area contributed by atoms with E-state index in [1.807, 2.05) is 0 Å². The molecule has 0 aliphatic carbocycles. The Morgan fingerprint density at radius 2 is 2.10 bits per heavy atom. The van der Waals surface area contributed by atoms with Crippen LogP contribution in [0.15, 0.2) is 44.5 Å². The van der Waals surface area contributed by atoms with Crippen molar-refractivity contribution < 1.29 is 4.42 Å². The third-order valence-corrected chi connectivity index (χ3v) is 2.99. The molecule has 0 aliphatic rings. The molecule has 7 heteroatoms. The Labute approximate surface area is 112 Å². The van der Waals surface area contributed by atoms with E-state index in [0.717, 1.165) is 4.57 Å². The van der Waals surface area contributed by atoms with Gasteiger partial charge in [0.15, 0.2) is 5.58 Å². The van der Waals surface area contributed by atoms with Gasteiger partial charge in [0.25, 0.3) is 5.56 Å². The van der Waals surface area contributed by atoms with Gasteiger partial charge in [0.05, 0.1) is 0 Å². The Hall–Kier alpha value is -2.83. The standard InChI is InChI=1S/C13H12N4O3/c1-16-5-4-12(18)17(13(16)19)7-11-15-9-3-2-8(14)6-10(9)20-11/h2-6H,7,14H2,1H3. The molecule has 7 nitrogen and oxygen atoms in total. The fourth-order valence-corrected chi connectivity index (χ4v) is 1.95. The Kier molecular flexibility index (Phi) is 2.67. The Bertz CT molecular complexity index is 904. The highest BCUT2D eigenvalue weighted by Gasteiger charge is 2.10. The summed E-state index contributed by atoms with van der Waals surface area (Å²) in [4.78, 5) is 27.9. The van der Waals surface area contributed by atoms with Crippen molar-refractivity contribution in [2.75, 3.05) is 5.73 Å². The summed E-state index contributed by atoms with van der Waals surface area (Å²) in [6, 6.07) is 6.41. The second kappa shape index (κ2) is 4.37. The zero-order chi connectivity index (χ0) is 14.3. The highest BCUT2D eigenvalue weighted by Crippen LogP contribution is 2.18. The predicted molar refractivity (Wildman–Crippen MR) is 73.5 cm³/mol. The maximum absolute atomic E-state index is 11.9. The zero-order valence-electron chi connectivity index (χ0n) is 10.7. The van der Waals surface area contributed by atoms with Crippen LogP contribution in [-0.4, -0.2) is 14.1 Å². The summed E-state index contributed by atoms with van der Waals surface area (Å²) in [6.07, 6.45) is 1.42. The highest BCUT2D eigenvalue weighted by molar-refractivity contribution is 5.76. The van der Waals surface area contributed by atoms with E-state index >= 15 is 0 Å². The van der Waals surface area contributed by atoms with E-state index in [1.165, 1.54) is 16.8 Å². The summed E-state index contributed by atoms with van der Waals surface area (Å²) >= 11 is 0. The molecule has 0 amide bonds. The van der Waals surface area contributed by atoms with Crippen LogP contribution in [-0.2, 0) is 13.6 Å². The molecule has 102 valence electrons. The van der Waals surface area contributed by atoms with Crippen molar-refractivity contribution in [1.82, 2.24) is 14.1 Å². The lowest BCUT2D eigenvalue weighted by Crippen LogP contribution is -2.38. The van der Waals surface area contributed by atoms with E-state index in [9.17, 15) is 9.59 Å². The summed E-state index contributed by atoms with van der Waals surface area (Å²) in [5.74, 6) is 0.288. The third kappa shape index (κ3) is 1.99. The van der Waals surface area contributed by atoms with Crippen LogP contribution in [0.3, 0.4) is 0 Å². The van der Waals surface area contributed by atoms with Crippen molar-refractivity contribution in [3.63, 3.8) is 0 Å². The average Bonchev–Trinajstić information content (AvgIpc) is 2.81. The fourth-order valence-electron chi connectivity index (χ4n) is 1.95. The number of aryl methyl sites for hydroxylation is 1. The van der Waals surface area contributed by atoms with Gasteiger partial charge in [0, 0.05) is 31.1 Å². The van der Waals surface area contributed by atoms with Crippen LogP contribution in [0.5, 0.6) is 0 Å². The summed E-state index contributed by atoms with van der Waals surface area (Å²) < 4.78 is 7.89. The summed E-state index contributed by atoms with van der Waals surface area (Å²) in [7, 11) is 1.57. The van der Waals surface area contributed by atoms with Crippen molar-refractivity contribution in [3.8, 4) is 0 Å². The molecule has 0 fully saturated rings. The SMILES string of the molecule is Cn1ccc(=O)n(Cc2nc3ccc(N)cc3o2)c1=O. The van der Waals surface area contributed by atoms with E-state index < -0.39 is 11.2 Å². The molecule has 0 bridgehead atoms. The minimum atomic E-state index is -0.417. The number of rotatable bonds is 2. The van der Waals surface area contributed by atoms with Crippen molar-refractivity contribution in [1.29, 1.82) is 0 Å². The van der Waals surface area contributed by atoms with Gasteiger partial charge in [0.2, 0.25) is 5.89 Å². The van der Waals surface area contributed by atoms with Gasteiger partial charge in [-0.05, 0) is 12.1 Å². The lowest BCUT2D eigenvalue weighted by molar-refractivity contribution is 0.489. The van der Waals surface area contributed by atoms with Gasteiger partial charge in [0.1, 0.15) is 12.1 Å². The van der Waals surface area contributed by atoms with E-state index in [0.29, 0.717) is 16.8 Å². The van der Waals surface area contributed by atoms with Gasteiger partial charge >= 0.3 is 5.69 Å². The monoisotopic (exact) mass is 272 g/mol. The minimum absolute atomic E-state index is 0.0130. The number of nitrogen functional groups attached to an aromatic ring is 1. The Morgan fingerprint density at radius 3 is 2.90 bits per heavy atom. The van der Waals surface area contributed by atoms with Crippen LogP contribution in [0, 0.1) is 0 Å². The van der Waals surface area contributed by atoms with Crippen molar-refractivity contribution in [3.05, 3.63) is 57.2 Å². The number of hydrogen-bond donors (Lipinski definition) is 1. The molecule has 0 spiro atoms. The van der Waals surface area contributed by atoms with Crippen molar-refractivity contribution in [2.45, 2.75) is 6.54 Å². The molecule has 2 heterocycles. The molecule has 3 rings (SSSR count). The number of hydrogen-bond acceptors (Lipinski definition) is 5. The van der Waals surface area contributed by atoms with Gasteiger partial charge in [-0.3, -0.25) is 9.36 Å². The molecule has 0 radical (unpaired) electrons. The molecular formula is C13H12N4O3. The number of nitrogens with two attached hydrogens (primary N) is 1. The molecule has 2 N–H and O–H groups in total. The highest BCUT2D eigenvalue weighted by atomic mass is 16.3. The van der Waals surface area contributed by atoms with Gasteiger partial charge < -0.3 is 14.7 Å². The molecule has 0 saturated carbocycles. The largest absolute Gasteiger partial charge is 0.439 e. The average molecular weight is 272 g/mol. The first kappa shape index (κ1) is 12.2. The number of anilines is 1. The van der Waals surface area contributed by atoms with Gasteiger partial charge in [-0.2, -0.15) is 0 Å².